The Labute approximate surface area is 162 Å². The lowest BCUT2D eigenvalue weighted by atomic mass is 9.81. The molecule has 1 aromatic rings. The Balaban J connectivity index is 1.48. The zero-order valence-electron chi connectivity index (χ0n) is 15.8. The maximum Gasteiger partial charge on any atom is 0.317 e. The molecule has 0 radical (unpaired) electrons. The van der Waals surface area contributed by atoms with Crippen LogP contribution in [-0.4, -0.2) is 59.6 Å². The van der Waals surface area contributed by atoms with Crippen LogP contribution >= 0.6 is 0 Å². The van der Waals surface area contributed by atoms with E-state index in [1.165, 1.54) is 6.07 Å². The minimum Gasteiger partial charge on any atom is -0.481 e. The van der Waals surface area contributed by atoms with Gasteiger partial charge in [0, 0.05) is 19.6 Å². The van der Waals surface area contributed by atoms with Crippen LogP contribution in [0.3, 0.4) is 0 Å². The van der Waals surface area contributed by atoms with Crippen LogP contribution in [0, 0.1) is 23.0 Å². The van der Waals surface area contributed by atoms with Gasteiger partial charge < -0.3 is 15.3 Å². The normalized spacial score (nSPS) is 32.5. The molecule has 1 aliphatic carbocycles. The highest BCUT2D eigenvalue weighted by molar-refractivity contribution is 5.80. The summed E-state index contributed by atoms with van der Waals surface area (Å²) in [6, 6.07) is 3.05. The van der Waals surface area contributed by atoms with Gasteiger partial charge in [0.15, 0.2) is 11.6 Å². The van der Waals surface area contributed by atoms with Gasteiger partial charge >= 0.3 is 12.0 Å². The van der Waals surface area contributed by atoms with Crippen LogP contribution in [-0.2, 0) is 4.79 Å². The molecule has 2 aliphatic heterocycles. The number of nitrogens with one attached hydrogen (secondary N) is 1. The molecule has 2 N–H and O–H groups in total. The molecule has 2 saturated heterocycles. The van der Waals surface area contributed by atoms with Gasteiger partial charge in [-0.25, -0.2) is 13.6 Å². The van der Waals surface area contributed by atoms with Gasteiger partial charge in [-0.3, -0.25) is 9.69 Å². The SMILES string of the molecule is CN1CCC(NC(=O)N2C[C@@H]3CCC[C@@]3(C(=O)O)C2)C1c1ccc(F)c(F)c1. The second-order valence-corrected chi connectivity index (χ2v) is 8.37. The molecule has 152 valence electrons. The Morgan fingerprint density at radius 3 is 2.71 bits per heavy atom. The number of nitrogens with zero attached hydrogens (tertiary/aromatic N) is 2. The largest absolute Gasteiger partial charge is 0.481 e. The number of urea groups is 1. The summed E-state index contributed by atoms with van der Waals surface area (Å²) in [5.74, 6) is -2.61. The average Bonchev–Trinajstić information content (AvgIpc) is 3.30. The van der Waals surface area contributed by atoms with E-state index in [1.54, 1.807) is 11.0 Å². The molecule has 3 fully saturated rings. The van der Waals surface area contributed by atoms with Gasteiger partial charge in [-0.15, -0.1) is 0 Å². The molecule has 4 rings (SSSR count). The summed E-state index contributed by atoms with van der Waals surface area (Å²) in [6.07, 6.45) is 3.02. The number of carbonyl (C=O) groups excluding carboxylic acids is 1. The molecule has 0 aromatic heterocycles. The number of carboxylic acid groups (broad SMARTS) is 1. The van der Waals surface area contributed by atoms with Crippen molar-refractivity contribution in [3.63, 3.8) is 0 Å². The van der Waals surface area contributed by atoms with Gasteiger partial charge in [-0.05, 0) is 49.9 Å². The highest BCUT2D eigenvalue weighted by atomic mass is 19.2. The third-order valence-corrected chi connectivity index (χ3v) is 6.83. The van der Waals surface area contributed by atoms with Crippen molar-refractivity contribution in [3.8, 4) is 0 Å². The first kappa shape index (κ1) is 19.1. The predicted molar refractivity (Wildman–Crippen MR) is 97.6 cm³/mol. The van der Waals surface area contributed by atoms with Crippen molar-refractivity contribution in [1.82, 2.24) is 15.1 Å². The Kier molecular flexibility index (Phi) is 4.77. The lowest BCUT2D eigenvalue weighted by Crippen LogP contribution is -2.47. The van der Waals surface area contributed by atoms with Crippen molar-refractivity contribution in [3.05, 3.63) is 35.4 Å². The summed E-state index contributed by atoms with van der Waals surface area (Å²) in [7, 11) is 1.89. The Morgan fingerprint density at radius 1 is 1.25 bits per heavy atom. The summed E-state index contributed by atoms with van der Waals surface area (Å²) in [5.41, 5.74) is -0.201. The predicted octanol–water partition coefficient (Wildman–Crippen LogP) is 2.61. The van der Waals surface area contributed by atoms with Crippen molar-refractivity contribution in [1.29, 1.82) is 0 Å². The highest BCUT2D eigenvalue weighted by Gasteiger charge is 2.56. The highest BCUT2D eigenvalue weighted by Crippen LogP contribution is 2.49. The van der Waals surface area contributed by atoms with Crippen molar-refractivity contribution >= 4 is 12.0 Å². The van der Waals surface area contributed by atoms with Crippen LogP contribution in [0.1, 0.15) is 37.3 Å². The van der Waals surface area contributed by atoms with E-state index in [-0.39, 0.29) is 30.6 Å². The molecule has 1 saturated carbocycles. The number of hydrogen-bond donors (Lipinski definition) is 2. The van der Waals surface area contributed by atoms with Crippen LogP contribution < -0.4 is 5.32 Å². The molecule has 0 bridgehead atoms. The summed E-state index contributed by atoms with van der Waals surface area (Å²) >= 11 is 0. The maximum absolute atomic E-state index is 13.7. The third-order valence-electron chi connectivity index (χ3n) is 6.83. The minimum absolute atomic E-state index is 0.00370. The molecule has 3 aliphatic rings. The molecule has 8 heteroatoms. The second kappa shape index (κ2) is 6.99. The lowest BCUT2D eigenvalue weighted by molar-refractivity contribution is -0.149. The van der Waals surface area contributed by atoms with Crippen LogP contribution in [0.2, 0.25) is 0 Å². The van der Waals surface area contributed by atoms with E-state index in [1.807, 2.05) is 11.9 Å². The molecule has 4 atom stereocenters. The summed E-state index contributed by atoms with van der Waals surface area (Å²) in [4.78, 5) is 28.3. The van der Waals surface area contributed by atoms with E-state index in [9.17, 15) is 23.5 Å². The van der Waals surface area contributed by atoms with Gasteiger partial charge in [-0.2, -0.15) is 0 Å². The zero-order chi connectivity index (χ0) is 20.1. The van der Waals surface area contributed by atoms with E-state index in [0.717, 1.165) is 25.5 Å². The molecular weight excluding hydrogens is 368 g/mol. The summed E-state index contributed by atoms with van der Waals surface area (Å²) in [5, 5.41) is 12.7. The smallest absolute Gasteiger partial charge is 0.317 e. The molecule has 28 heavy (non-hydrogen) atoms. The van der Waals surface area contributed by atoms with Crippen LogP contribution in [0.5, 0.6) is 0 Å². The Morgan fingerprint density at radius 2 is 2.04 bits per heavy atom. The number of fused-ring (bicyclic) bond motifs is 1. The molecule has 6 nitrogen and oxygen atoms in total. The summed E-state index contributed by atoms with van der Waals surface area (Å²) < 4.78 is 27.0. The summed E-state index contributed by atoms with van der Waals surface area (Å²) in [6.45, 7) is 1.41. The number of halogens is 2. The molecule has 2 amide bonds. The van der Waals surface area contributed by atoms with E-state index < -0.39 is 23.0 Å². The molecule has 0 spiro atoms. The van der Waals surface area contributed by atoms with Crippen LogP contribution in [0.4, 0.5) is 13.6 Å². The standard InChI is InChI=1S/C20H25F2N3O3/c1-24-8-6-16(17(24)12-4-5-14(21)15(22)9-12)23-19(28)25-10-13-3-2-7-20(13,11-25)18(26)27/h4-5,9,13,16-17H,2-3,6-8,10-11H2,1H3,(H,23,28)(H,26,27)/t13-,16?,17?,20+/m0/s1. The number of aliphatic carboxylic acids is 1. The van der Waals surface area contributed by atoms with Gasteiger partial charge in [0.25, 0.3) is 0 Å². The quantitative estimate of drug-likeness (QED) is 0.828. The maximum atomic E-state index is 13.7. The number of amides is 2. The van der Waals surface area contributed by atoms with Crippen molar-refractivity contribution in [2.75, 3.05) is 26.7 Å². The van der Waals surface area contributed by atoms with Gasteiger partial charge in [-0.1, -0.05) is 12.5 Å². The number of hydrogen-bond acceptors (Lipinski definition) is 3. The van der Waals surface area contributed by atoms with Gasteiger partial charge in [0.1, 0.15) is 0 Å². The Hall–Kier alpha value is -2.22. The minimum atomic E-state index is -0.904. The lowest BCUT2D eigenvalue weighted by Gasteiger charge is -2.29. The Bertz CT molecular complexity index is 805. The number of carboxylic acids is 1. The van der Waals surface area contributed by atoms with Crippen molar-refractivity contribution in [2.24, 2.45) is 11.3 Å². The van der Waals surface area contributed by atoms with Crippen molar-refractivity contribution in [2.45, 2.75) is 37.8 Å². The first-order valence-electron chi connectivity index (χ1n) is 9.76. The van der Waals surface area contributed by atoms with Gasteiger partial charge in [0.05, 0.1) is 17.5 Å². The first-order chi connectivity index (χ1) is 13.3. The number of benzene rings is 1. The fraction of sp³-hybridized carbons (Fsp3) is 0.600. The molecule has 1 aromatic carbocycles. The van der Waals surface area contributed by atoms with E-state index >= 15 is 0 Å². The van der Waals surface area contributed by atoms with Gasteiger partial charge in [0.2, 0.25) is 0 Å². The fourth-order valence-electron chi connectivity index (χ4n) is 5.32. The van der Waals surface area contributed by atoms with Crippen LogP contribution in [0.15, 0.2) is 18.2 Å². The number of carbonyl (C=O) groups is 2. The van der Waals surface area contributed by atoms with Crippen LogP contribution in [0.25, 0.3) is 0 Å². The zero-order valence-corrected chi connectivity index (χ0v) is 15.8. The fourth-order valence-corrected chi connectivity index (χ4v) is 5.32. The van der Waals surface area contributed by atoms with E-state index in [2.05, 4.69) is 5.32 Å². The monoisotopic (exact) mass is 393 g/mol. The van der Waals surface area contributed by atoms with E-state index in [0.29, 0.717) is 24.9 Å². The molecule has 2 unspecified atom stereocenters. The molecule has 2 heterocycles. The van der Waals surface area contributed by atoms with E-state index in [4.69, 9.17) is 0 Å². The van der Waals surface area contributed by atoms with Crippen molar-refractivity contribution < 1.29 is 23.5 Å². The number of rotatable bonds is 3. The topological polar surface area (TPSA) is 72.9 Å². The average molecular weight is 393 g/mol. The second-order valence-electron chi connectivity index (χ2n) is 8.37. The molecular formula is C20H25F2N3O3. The third kappa shape index (κ3) is 3.03. The number of likely N-dealkylation sites (tertiary alicyclic amines) is 2. The number of likely N-dealkylation sites (N-methyl/N-ethyl adjacent to an activating group) is 1. The first-order valence-corrected chi connectivity index (χ1v) is 9.76.